The normalized spacial score (nSPS) is 24.6. The molecule has 0 aromatic heterocycles. The molecule has 2 unspecified atom stereocenters. The fourth-order valence-corrected chi connectivity index (χ4v) is 2.68. The predicted molar refractivity (Wildman–Crippen MR) is 72.5 cm³/mol. The molecule has 2 rings (SSSR count). The summed E-state index contributed by atoms with van der Waals surface area (Å²) in [6.45, 7) is 2.21. The number of anilines is 1. The van der Waals surface area contributed by atoms with Crippen molar-refractivity contribution in [3.8, 4) is 0 Å². The maximum atomic E-state index is 5.48. The van der Waals surface area contributed by atoms with Gasteiger partial charge in [0.25, 0.3) is 0 Å². The summed E-state index contributed by atoms with van der Waals surface area (Å²) < 4.78 is 5.48. The Morgan fingerprint density at radius 2 is 2.12 bits per heavy atom. The second kappa shape index (κ2) is 6.06. The molecule has 1 aliphatic carbocycles. The van der Waals surface area contributed by atoms with Crippen LogP contribution in [0, 0.1) is 0 Å². The highest BCUT2D eigenvalue weighted by atomic mass is 16.5. The van der Waals surface area contributed by atoms with Gasteiger partial charge in [0.1, 0.15) is 0 Å². The van der Waals surface area contributed by atoms with Gasteiger partial charge in [-0.1, -0.05) is 25.1 Å². The molecule has 94 valence electrons. The Bertz CT molecular complexity index is 351. The fourth-order valence-electron chi connectivity index (χ4n) is 2.68. The Balaban J connectivity index is 2.00. The first-order valence-electron chi connectivity index (χ1n) is 6.70. The van der Waals surface area contributed by atoms with Gasteiger partial charge in [-0.3, -0.25) is 0 Å². The molecule has 1 aliphatic rings. The molecule has 0 heterocycles. The summed E-state index contributed by atoms with van der Waals surface area (Å²) in [5.41, 5.74) is 2.71. The van der Waals surface area contributed by atoms with Gasteiger partial charge in [0, 0.05) is 18.8 Å². The van der Waals surface area contributed by atoms with E-state index in [0.29, 0.717) is 12.1 Å². The van der Waals surface area contributed by atoms with E-state index in [1.54, 1.807) is 0 Å². The van der Waals surface area contributed by atoms with E-state index < -0.39 is 0 Å². The zero-order valence-electron chi connectivity index (χ0n) is 10.9. The second-order valence-electron chi connectivity index (χ2n) is 4.88. The summed E-state index contributed by atoms with van der Waals surface area (Å²) in [5, 5.41) is 3.68. The molecule has 1 fully saturated rings. The Morgan fingerprint density at radius 1 is 1.29 bits per heavy atom. The van der Waals surface area contributed by atoms with Crippen LogP contribution in [0.2, 0.25) is 0 Å². The maximum absolute atomic E-state index is 5.48. The van der Waals surface area contributed by atoms with Crippen LogP contribution >= 0.6 is 0 Å². The van der Waals surface area contributed by atoms with Crippen molar-refractivity contribution < 1.29 is 4.74 Å². The highest BCUT2D eigenvalue weighted by molar-refractivity contribution is 5.51. The smallest absolute Gasteiger partial charge is 0.0590 e. The third-order valence-electron chi connectivity index (χ3n) is 3.72. The van der Waals surface area contributed by atoms with Crippen LogP contribution in [0.4, 0.5) is 5.69 Å². The fraction of sp³-hybridized carbons (Fsp3) is 0.600. The van der Waals surface area contributed by atoms with Gasteiger partial charge in [0.05, 0.1) is 6.10 Å². The largest absolute Gasteiger partial charge is 0.382 e. The van der Waals surface area contributed by atoms with Gasteiger partial charge >= 0.3 is 0 Å². The van der Waals surface area contributed by atoms with E-state index in [1.807, 2.05) is 7.11 Å². The summed E-state index contributed by atoms with van der Waals surface area (Å²) in [7, 11) is 1.83. The molecule has 2 heteroatoms. The average Bonchev–Trinajstić information content (AvgIpc) is 2.39. The van der Waals surface area contributed by atoms with Crippen LogP contribution in [0.1, 0.15) is 38.2 Å². The molecule has 0 aliphatic heterocycles. The average molecular weight is 233 g/mol. The topological polar surface area (TPSA) is 21.3 Å². The molecular weight excluding hydrogens is 210 g/mol. The first-order chi connectivity index (χ1) is 8.33. The number of nitrogens with one attached hydrogen (secondary N) is 1. The minimum Gasteiger partial charge on any atom is -0.382 e. The number of rotatable bonds is 4. The lowest BCUT2D eigenvalue weighted by molar-refractivity contribution is 0.0669. The molecule has 2 nitrogen and oxygen atoms in total. The minimum atomic E-state index is 0.440. The van der Waals surface area contributed by atoms with Crippen molar-refractivity contribution in [3.05, 3.63) is 29.8 Å². The van der Waals surface area contributed by atoms with Crippen molar-refractivity contribution in [2.45, 2.75) is 51.2 Å². The number of hydrogen-bond acceptors (Lipinski definition) is 2. The van der Waals surface area contributed by atoms with Crippen molar-refractivity contribution in [2.75, 3.05) is 12.4 Å². The molecule has 1 saturated carbocycles. The molecule has 1 aromatic rings. The molecule has 0 radical (unpaired) electrons. The van der Waals surface area contributed by atoms with Gasteiger partial charge in [0.2, 0.25) is 0 Å². The number of ether oxygens (including phenoxy) is 1. The van der Waals surface area contributed by atoms with Crippen LogP contribution in [0.25, 0.3) is 0 Å². The maximum Gasteiger partial charge on any atom is 0.0590 e. The van der Waals surface area contributed by atoms with E-state index in [-0.39, 0.29) is 0 Å². The van der Waals surface area contributed by atoms with Gasteiger partial charge < -0.3 is 10.1 Å². The highest BCUT2D eigenvalue weighted by Crippen LogP contribution is 2.25. The van der Waals surface area contributed by atoms with E-state index in [0.717, 1.165) is 12.8 Å². The zero-order valence-corrected chi connectivity index (χ0v) is 10.9. The molecule has 1 aromatic carbocycles. The molecule has 0 saturated heterocycles. The van der Waals surface area contributed by atoms with Crippen LogP contribution < -0.4 is 5.32 Å². The summed E-state index contributed by atoms with van der Waals surface area (Å²) in [4.78, 5) is 0. The molecule has 2 atom stereocenters. The van der Waals surface area contributed by atoms with Crippen LogP contribution in [0.3, 0.4) is 0 Å². The number of hydrogen-bond donors (Lipinski definition) is 1. The van der Waals surface area contributed by atoms with E-state index in [1.165, 1.54) is 30.5 Å². The summed E-state index contributed by atoms with van der Waals surface area (Å²) >= 11 is 0. The van der Waals surface area contributed by atoms with Crippen molar-refractivity contribution in [3.63, 3.8) is 0 Å². The Kier molecular flexibility index (Phi) is 4.43. The van der Waals surface area contributed by atoms with Crippen molar-refractivity contribution in [1.29, 1.82) is 0 Å². The van der Waals surface area contributed by atoms with E-state index in [4.69, 9.17) is 4.74 Å². The lowest BCUT2D eigenvalue weighted by atomic mass is 9.92. The first kappa shape index (κ1) is 12.4. The standard InChI is InChI=1S/C15H23NO/c1-3-12-7-4-5-10-15(12)16-13-8-6-9-14(11-13)17-2/h4-5,7,10,13-14,16H,3,6,8-9,11H2,1-2H3. The number of aryl methyl sites for hydroxylation is 1. The molecule has 17 heavy (non-hydrogen) atoms. The summed E-state index contributed by atoms with van der Waals surface area (Å²) in [6.07, 6.45) is 6.40. The molecular formula is C15H23NO. The summed E-state index contributed by atoms with van der Waals surface area (Å²) in [6, 6.07) is 9.19. The molecule has 1 N–H and O–H groups in total. The van der Waals surface area contributed by atoms with Gasteiger partial charge in [-0.15, -0.1) is 0 Å². The predicted octanol–water partition coefficient (Wildman–Crippen LogP) is 3.62. The number of para-hydroxylation sites is 1. The lowest BCUT2D eigenvalue weighted by Crippen LogP contribution is -2.31. The lowest BCUT2D eigenvalue weighted by Gasteiger charge is -2.30. The van der Waals surface area contributed by atoms with Crippen molar-refractivity contribution >= 4 is 5.69 Å². The van der Waals surface area contributed by atoms with Gasteiger partial charge in [-0.2, -0.15) is 0 Å². The zero-order chi connectivity index (χ0) is 12.1. The van der Waals surface area contributed by atoms with Crippen LogP contribution in [-0.4, -0.2) is 19.3 Å². The monoisotopic (exact) mass is 233 g/mol. The Morgan fingerprint density at radius 3 is 2.88 bits per heavy atom. The first-order valence-corrected chi connectivity index (χ1v) is 6.70. The third-order valence-corrected chi connectivity index (χ3v) is 3.72. The van der Waals surface area contributed by atoms with Gasteiger partial charge in [0.15, 0.2) is 0 Å². The Labute approximate surface area is 104 Å². The van der Waals surface area contributed by atoms with Crippen molar-refractivity contribution in [2.24, 2.45) is 0 Å². The van der Waals surface area contributed by atoms with E-state index in [9.17, 15) is 0 Å². The van der Waals surface area contributed by atoms with Crippen LogP contribution in [0.15, 0.2) is 24.3 Å². The second-order valence-corrected chi connectivity index (χ2v) is 4.88. The van der Waals surface area contributed by atoms with Crippen molar-refractivity contribution in [1.82, 2.24) is 0 Å². The van der Waals surface area contributed by atoms with E-state index >= 15 is 0 Å². The van der Waals surface area contributed by atoms with Gasteiger partial charge in [-0.05, 0) is 43.7 Å². The minimum absolute atomic E-state index is 0.440. The number of methoxy groups -OCH3 is 1. The molecule has 0 bridgehead atoms. The van der Waals surface area contributed by atoms with Gasteiger partial charge in [-0.25, -0.2) is 0 Å². The SMILES string of the molecule is CCc1ccccc1NC1CCCC(OC)C1. The van der Waals surface area contributed by atoms with Crippen LogP contribution in [-0.2, 0) is 11.2 Å². The third kappa shape index (κ3) is 3.22. The Hall–Kier alpha value is -1.02. The van der Waals surface area contributed by atoms with E-state index in [2.05, 4.69) is 36.5 Å². The number of benzene rings is 1. The molecule has 0 spiro atoms. The quantitative estimate of drug-likeness (QED) is 0.857. The highest BCUT2D eigenvalue weighted by Gasteiger charge is 2.21. The summed E-state index contributed by atoms with van der Waals surface area (Å²) in [5.74, 6) is 0. The molecule has 0 amide bonds. The van der Waals surface area contributed by atoms with Crippen LogP contribution in [0.5, 0.6) is 0 Å².